The van der Waals surface area contributed by atoms with Crippen LogP contribution in [0.15, 0.2) is 40.9 Å². The van der Waals surface area contributed by atoms with Crippen molar-refractivity contribution >= 4 is 21.6 Å². The van der Waals surface area contributed by atoms with Gasteiger partial charge in [0.15, 0.2) is 0 Å². The summed E-state index contributed by atoms with van der Waals surface area (Å²) < 4.78 is 39.4. The highest BCUT2D eigenvalue weighted by Crippen LogP contribution is 2.24. The molecule has 6 heteroatoms. The maximum Gasteiger partial charge on any atom is 0.149 e. The molecule has 0 bridgehead atoms. The van der Waals surface area contributed by atoms with Crippen LogP contribution in [-0.2, 0) is 0 Å². The first-order chi connectivity index (χ1) is 9.47. The lowest BCUT2D eigenvalue weighted by atomic mass is 10.1. The highest BCUT2D eigenvalue weighted by atomic mass is 79.9. The van der Waals surface area contributed by atoms with Gasteiger partial charge in [-0.15, -0.1) is 0 Å². The van der Waals surface area contributed by atoms with E-state index in [0.717, 1.165) is 6.07 Å². The molecule has 0 fully saturated rings. The van der Waals surface area contributed by atoms with Crippen molar-refractivity contribution < 1.29 is 18.3 Å². The predicted molar refractivity (Wildman–Crippen MR) is 73.9 cm³/mol. The standard InChI is InChI=1S/C14H11BrF3NO/c15-10-5-13(12(18)6-11(10)17)19-7-14(20)8-1-3-9(16)4-2-8/h1-6,14,19-20H,7H2. The van der Waals surface area contributed by atoms with Gasteiger partial charge in [-0.2, -0.15) is 0 Å². The zero-order valence-corrected chi connectivity index (χ0v) is 11.8. The van der Waals surface area contributed by atoms with E-state index in [0.29, 0.717) is 5.56 Å². The first kappa shape index (κ1) is 14.9. The summed E-state index contributed by atoms with van der Waals surface area (Å²) in [6.07, 6.45) is -0.932. The third kappa shape index (κ3) is 3.52. The van der Waals surface area contributed by atoms with E-state index < -0.39 is 23.6 Å². The van der Waals surface area contributed by atoms with Gasteiger partial charge in [0.2, 0.25) is 0 Å². The van der Waals surface area contributed by atoms with Crippen LogP contribution in [0.3, 0.4) is 0 Å². The van der Waals surface area contributed by atoms with Gasteiger partial charge in [-0.25, -0.2) is 13.2 Å². The summed E-state index contributed by atoms with van der Waals surface area (Å²) in [6.45, 7) is 0.0145. The van der Waals surface area contributed by atoms with Gasteiger partial charge in [-0.3, -0.25) is 0 Å². The lowest BCUT2D eigenvalue weighted by molar-refractivity contribution is 0.191. The molecule has 0 saturated heterocycles. The molecular formula is C14H11BrF3NO. The van der Waals surface area contributed by atoms with Crippen LogP contribution in [0.2, 0.25) is 0 Å². The largest absolute Gasteiger partial charge is 0.387 e. The molecule has 0 spiro atoms. The summed E-state index contributed by atoms with van der Waals surface area (Å²) in [7, 11) is 0. The van der Waals surface area contributed by atoms with Crippen LogP contribution in [0.5, 0.6) is 0 Å². The highest BCUT2D eigenvalue weighted by molar-refractivity contribution is 9.10. The van der Waals surface area contributed by atoms with Crippen LogP contribution < -0.4 is 5.32 Å². The molecule has 0 aromatic heterocycles. The second-order valence-electron chi connectivity index (χ2n) is 4.19. The van der Waals surface area contributed by atoms with E-state index in [9.17, 15) is 18.3 Å². The van der Waals surface area contributed by atoms with Crippen LogP contribution in [0, 0.1) is 17.5 Å². The second kappa shape index (κ2) is 6.28. The molecule has 0 aliphatic carbocycles. The topological polar surface area (TPSA) is 32.3 Å². The molecule has 1 unspecified atom stereocenters. The summed E-state index contributed by atoms with van der Waals surface area (Å²) >= 11 is 2.95. The Morgan fingerprint density at radius 1 is 1.05 bits per heavy atom. The maximum absolute atomic E-state index is 13.5. The Labute approximate surface area is 122 Å². The lowest BCUT2D eigenvalue weighted by Gasteiger charge is -2.14. The number of hydrogen-bond donors (Lipinski definition) is 2. The minimum absolute atomic E-state index is 0.0145. The lowest BCUT2D eigenvalue weighted by Crippen LogP contribution is -2.13. The van der Waals surface area contributed by atoms with E-state index in [1.807, 2.05) is 0 Å². The van der Waals surface area contributed by atoms with Crippen LogP contribution >= 0.6 is 15.9 Å². The third-order valence-electron chi connectivity index (χ3n) is 2.75. The quantitative estimate of drug-likeness (QED) is 0.820. The van der Waals surface area contributed by atoms with E-state index in [4.69, 9.17) is 0 Å². The minimum atomic E-state index is -0.932. The van der Waals surface area contributed by atoms with Crippen LogP contribution in [0.1, 0.15) is 11.7 Å². The van der Waals surface area contributed by atoms with Gasteiger partial charge in [-0.05, 0) is 39.7 Å². The monoisotopic (exact) mass is 345 g/mol. The summed E-state index contributed by atoms with van der Waals surface area (Å²) in [4.78, 5) is 0. The van der Waals surface area contributed by atoms with E-state index in [1.165, 1.54) is 30.3 Å². The first-order valence-electron chi connectivity index (χ1n) is 5.79. The fourth-order valence-corrected chi connectivity index (χ4v) is 2.01. The molecule has 2 rings (SSSR count). The van der Waals surface area contributed by atoms with Gasteiger partial charge in [-0.1, -0.05) is 12.1 Å². The number of rotatable bonds is 4. The molecule has 2 N–H and O–H groups in total. The van der Waals surface area contributed by atoms with E-state index in [-0.39, 0.29) is 16.7 Å². The number of anilines is 1. The molecule has 0 heterocycles. The Kier molecular flexibility index (Phi) is 4.67. The zero-order chi connectivity index (χ0) is 14.7. The number of benzene rings is 2. The van der Waals surface area contributed by atoms with Gasteiger partial charge in [0, 0.05) is 12.6 Å². The number of aliphatic hydroxyl groups is 1. The van der Waals surface area contributed by atoms with E-state index >= 15 is 0 Å². The molecule has 0 amide bonds. The van der Waals surface area contributed by atoms with Crippen molar-refractivity contribution in [1.82, 2.24) is 0 Å². The average Bonchev–Trinajstić information content (AvgIpc) is 2.42. The molecule has 2 aromatic carbocycles. The maximum atomic E-state index is 13.5. The van der Waals surface area contributed by atoms with Crippen molar-refractivity contribution in [1.29, 1.82) is 0 Å². The molecule has 20 heavy (non-hydrogen) atoms. The molecular weight excluding hydrogens is 335 g/mol. The zero-order valence-electron chi connectivity index (χ0n) is 10.2. The van der Waals surface area contributed by atoms with Crippen molar-refractivity contribution in [3.8, 4) is 0 Å². The third-order valence-corrected chi connectivity index (χ3v) is 3.36. The Bertz CT molecular complexity index is 604. The Morgan fingerprint density at radius 2 is 1.70 bits per heavy atom. The van der Waals surface area contributed by atoms with E-state index in [1.54, 1.807) is 0 Å². The summed E-state index contributed by atoms with van der Waals surface area (Å²) in [5.41, 5.74) is 0.569. The minimum Gasteiger partial charge on any atom is -0.387 e. The van der Waals surface area contributed by atoms with Crippen molar-refractivity contribution in [3.63, 3.8) is 0 Å². The number of halogens is 4. The van der Waals surface area contributed by atoms with Crippen LogP contribution in [0.25, 0.3) is 0 Å². The van der Waals surface area contributed by atoms with Crippen molar-refractivity contribution in [3.05, 3.63) is 63.9 Å². The molecule has 0 aliphatic heterocycles. The summed E-state index contributed by atoms with van der Waals surface area (Å²) in [6, 6.07) is 7.34. The second-order valence-corrected chi connectivity index (χ2v) is 5.05. The molecule has 0 aliphatic rings. The predicted octanol–water partition coefficient (Wildman–Crippen LogP) is 4.01. The summed E-state index contributed by atoms with van der Waals surface area (Å²) in [5.74, 6) is -1.86. The summed E-state index contributed by atoms with van der Waals surface area (Å²) in [5, 5.41) is 12.6. The average molecular weight is 346 g/mol. The van der Waals surface area contributed by atoms with Gasteiger partial charge in [0.05, 0.1) is 16.3 Å². The molecule has 0 saturated carbocycles. The van der Waals surface area contributed by atoms with Crippen LogP contribution in [0.4, 0.5) is 18.9 Å². The van der Waals surface area contributed by atoms with Gasteiger partial charge >= 0.3 is 0 Å². The number of nitrogens with one attached hydrogen (secondary N) is 1. The molecule has 0 radical (unpaired) electrons. The normalized spacial score (nSPS) is 12.2. The SMILES string of the molecule is OC(CNc1cc(Br)c(F)cc1F)c1ccc(F)cc1. The fourth-order valence-electron chi connectivity index (χ4n) is 1.67. The van der Waals surface area contributed by atoms with E-state index in [2.05, 4.69) is 21.2 Å². The molecule has 106 valence electrons. The van der Waals surface area contributed by atoms with Crippen molar-refractivity contribution in [2.45, 2.75) is 6.10 Å². The van der Waals surface area contributed by atoms with Gasteiger partial charge in [0.1, 0.15) is 17.5 Å². The van der Waals surface area contributed by atoms with Crippen molar-refractivity contribution in [2.75, 3.05) is 11.9 Å². The number of aliphatic hydroxyl groups excluding tert-OH is 1. The molecule has 2 nitrogen and oxygen atoms in total. The molecule has 1 atom stereocenters. The van der Waals surface area contributed by atoms with Crippen LogP contribution in [-0.4, -0.2) is 11.7 Å². The fraction of sp³-hybridized carbons (Fsp3) is 0.143. The first-order valence-corrected chi connectivity index (χ1v) is 6.58. The smallest absolute Gasteiger partial charge is 0.149 e. The Balaban J connectivity index is 2.05. The Hall–Kier alpha value is -1.53. The highest BCUT2D eigenvalue weighted by Gasteiger charge is 2.11. The number of hydrogen-bond acceptors (Lipinski definition) is 2. The van der Waals surface area contributed by atoms with Gasteiger partial charge in [0.25, 0.3) is 0 Å². The Morgan fingerprint density at radius 3 is 2.35 bits per heavy atom. The molecule has 2 aromatic rings. The van der Waals surface area contributed by atoms with Gasteiger partial charge < -0.3 is 10.4 Å². The van der Waals surface area contributed by atoms with Crippen molar-refractivity contribution in [2.24, 2.45) is 0 Å².